The number of halogens is 2. The number of hydroxylamine groups is 1. The molecule has 142 valence electrons. The maximum Gasteiger partial charge on any atom is 0.271 e. The van der Waals surface area contributed by atoms with Gasteiger partial charge >= 0.3 is 0 Å². The molecular formula is C20H15Cl2N3O3. The van der Waals surface area contributed by atoms with Crippen molar-refractivity contribution in [1.82, 2.24) is 10.5 Å². The Hall–Kier alpha value is -2.67. The summed E-state index contributed by atoms with van der Waals surface area (Å²) in [6.45, 7) is 1.95. The van der Waals surface area contributed by atoms with Crippen LogP contribution in [0, 0.1) is 6.92 Å². The number of amides is 1. The van der Waals surface area contributed by atoms with Crippen molar-refractivity contribution in [3.8, 4) is 11.3 Å². The van der Waals surface area contributed by atoms with Gasteiger partial charge in [-0.2, -0.15) is 0 Å². The summed E-state index contributed by atoms with van der Waals surface area (Å²) >= 11 is 12.3. The number of nitrogens with one attached hydrogen (secondary N) is 1. The normalized spacial score (nSPS) is 16.0. The van der Waals surface area contributed by atoms with Crippen molar-refractivity contribution in [3.63, 3.8) is 0 Å². The number of aromatic nitrogens is 1. The molecule has 1 aromatic heterocycles. The first-order valence-corrected chi connectivity index (χ1v) is 9.23. The molecule has 0 radical (unpaired) electrons. The molecule has 0 unspecified atom stereocenters. The molecule has 3 aromatic rings. The number of aryl methyl sites for hydroxylation is 1. The predicted octanol–water partition coefficient (Wildman–Crippen LogP) is 4.17. The second-order valence-corrected chi connectivity index (χ2v) is 7.26. The Bertz CT molecular complexity index is 1110. The number of aliphatic imine (C=N–C) groups is 1. The lowest BCUT2D eigenvalue weighted by atomic mass is 10.0. The summed E-state index contributed by atoms with van der Waals surface area (Å²) in [5, 5.41) is 10.9. The summed E-state index contributed by atoms with van der Waals surface area (Å²) in [7, 11) is 0. The highest BCUT2D eigenvalue weighted by Gasteiger charge is 2.28. The number of rotatable bonds is 3. The summed E-state index contributed by atoms with van der Waals surface area (Å²) in [6, 6.07) is 12.1. The van der Waals surface area contributed by atoms with Gasteiger partial charge in [0, 0.05) is 26.6 Å². The second kappa shape index (κ2) is 7.39. The zero-order valence-corrected chi connectivity index (χ0v) is 16.3. The fourth-order valence-corrected chi connectivity index (χ4v) is 3.32. The van der Waals surface area contributed by atoms with Gasteiger partial charge in [0.2, 0.25) is 5.90 Å². The monoisotopic (exact) mass is 415 g/mol. The smallest absolute Gasteiger partial charge is 0.271 e. The molecule has 0 saturated heterocycles. The van der Waals surface area contributed by atoms with Crippen molar-refractivity contribution < 1.29 is 14.7 Å². The lowest BCUT2D eigenvalue weighted by molar-refractivity contribution is -0.130. The number of carbonyl (C=O) groups is 1. The maximum absolute atomic E-state index is 11.7. The van der Waals surface area contributed by atoms with E-state index in [1.54, 1.807) is 23.7 Å². The molecule has 2 N–H and O–H groups in total. The van der Waals surface area contributed by atoms with Gasteiger partial charge in [-0.1, -0.05) is 35.3 Å². The van der Waals surface area contributed by atoms with Gasteiger partial charge in [-0.25, -0.2) is 15.5 Å². The number of hydrogen-bond donors (Lipinski definition) is 2. The first kappa shape index (κ1) is 18.7. The Morgan fingerprint density at radius 3 is 2.68 bits per heavy atom. The fourth-order valence-electron chi connectivity index (χ4n) is 3.03. The van der Waals surface area contributed by atoms with Gasteiger partial charge in [0.05, 0.1) is 11.2 Å². The number of hydrogen-bond acceptors (Lipinski definition) is 5. The van der Waals surface area contributed by atoms with E-state index in [2.05, 4.69) is 4.99 Å². The largest absolute Gasteiger partial charge is 0.475 e. The van der Waals surface area contributed by atoms with Crippen molar-refractivity contribution in [1.29, 1.82) is 0 Å². The van der Waals surface area contributed by atoms with Gasteiger partial charge in [-0.15, -0.1) is 0 Å². The van der Waals surface area contributed by atoms with Crippen molar-refractivity contribution in [2.75, 3.05) is 6.61 Å². The van der Waals surface area contributed by atoms with Crippen molar-refractivity contribution in [2.45, 2.75) is 13.0 Å². The van der Waals surface area contributed by atoms with E-state index in [1.807, 2.05) is 31.2 Å². The molecule has 1 aliphatic rings. The van der Waals surface area contributed by atoms with Crippen LogP contribution in [0.5, 0.6) is 0 Å². The zero-order chi connectivity index (χ0) is 19.8. The highest BCUT2D eigenvalue weighted by Crippen LogP contribution is 2.31. The first-order valence-electron chi connectivity index (χ1n) is 8.48. The van der Waals surface area contributed by atoms with Crippen LogP contribution in [0.25, 0.3) is 22.2 Å². The molecule has 2 aromatic carbocycles. The third-order valence-corrected chi connectivity index (χ3v) is 5.18. The van der Waals surface area contributed by atoms with Gasteiger partial charge in [0.25, 0.3) is 5.91 Å². The standard InChI is InChI=1S/C20H15Cl2N3O3/c1-10-6-13-14(20-24-18(9-28-20)19(26)25-27)7-16(23-17(13)8-15(10)22)11-2-4-12(21)5-3-11/h2-8,18,27H,9H2,1H3,(H,25,26)/t18-/m1/s1. The van der Waals surface area contributed by atoms with Crippen molar-refractivity contribution in [3.05, 3.63) is 63.6 Å². The number of pyridine rings is 1. The summed E-state index contributed by atoms with van der Waals surface area (Å²) in [5.41, 5.74) is 5.44. The van der Waals surface area contributed by atoms with Gasteiger partial charge < -0.3 is 4.74 Å². The average Bonchev–Trinajstić information content (AvgIpc) is 3.18. The zero-order valence-electron chi connectivity index (χ0n) is 14.7. The third-order valence-electron chi connectivity index (χ3n) is 4.52. The van der Waals surface area contributed by atoms with Crippen LogP contribution in [0.3, 0.4) is 0 Å². The van der Waals surface area contributed by atoms with Crippen LogP contribution in [0.4, 0.5) is 0 Å². The van der Waals surface area contributed by atoms with Crippen LogP contribution in [-0.4, -0.2) is 34.6 Å². The molecule has 0 fully saturated rings. The van der Waals surface area contributed by atoms with Gasteiger partial charge in [-0.3, -0.25) is 10.0 Å². The molecule has 6 nitrogen and oxygen atoms in total. The van der Waals surface area contributed by atoms with E-state index in [0.29, 0.717) is 32.7 Å². The van der Waals surface area contributed by atoms with Crippen molar-refractivity contribution >= 4 is 45.9 Å². The Kier molecular flexibility index (Phi) is 4.93. The molecule has 8 heteroatoms. The van der Waals surface area contributed by atoms with E-state index < -0.39 is 11.9 Å². The van der Waals surface area contributed by atoms with Crippen molar-refractivity contribution in [2.24, 2.45) is 4.99 Å². The molecule has 0 saturated carbocycles. The number of carbonyl (C=O) groups excluding carboxylic acids is 1. The molecule has 1 amide bonds. The van der Waals surface area contributed by atoms with E-state index in [9.17, 15) is 4.79 Å². The van der Waals surface area contributed by atoms with Gasteiger partial charge in [0.15, 0.2) is 6.04 Å². The van der Waals surface area contributed by atoms with Gasteiger partial charge in [0.1, 0.15) is 6.61 Å². The molecule has 1 atom stereocenters. The molecule has 28 heavy (non-hydrogen) atoms. The average molecular weight is 416 g/mol. The maximum atomic E-state index is 11.7. The van der Waals surface area contributed by atoms with Crippen LogP contribution in [0.1, 0.15) is 11.1 Å². The number of benzene rings is 2. The van der Waals surface area contributed by atoms with Crippen LogP contribution in [0.15, 0.2) is 47.5 Å². The number of nitrogens with zero attached hydrogens (tertiary/aromatic N) is 2. The van der Waals surface area contributed by atoms with Gasteiger partial charge in [-0.05, 0) is 42.8 Å². The highest BCUT2D eigenvalue weighted by atomic mass is 35.5. The fraction of sp³-hybridized carbons (Fsp3) is 0.150. The second-order valence-electron chi connectivity index (χ2n) is 6.42. The summed E-state index contributed by atoms with van der Waals surface area (Å²) in [6.07, 6.45) is 0. The highest BCUT2D eigenvalue weighted by molar-refractivity contribution is 6.32. The van der Waals surface area contributed by atoms with Crippen LogP contribution in [0.2, 0.25) is 10.0 Å². The van der Waals surface area contributed by atoms with E-state index in [0.717, 1.165) is 16.5 Å². The minimum absolute atomic E-state index is 0.0500. The number of ether oxygens (including phenoxy) is 1. The van der Waals surface area contributed by atoms with Crippen LogP contribution in [-0.2, 0) is 9.53 Å². The van der Waals surface area contributed by atoms with Crippen LogP contribution >= 0.6 is 23.2 Å². The molecule has 4 rings (SSSR count). The molecule has 1 aliphatic heterocycles. The minimum atomic E-state index is -0.810. The molecule has 0 bridgehead atoms. The van der Waals surface area contributed by atoms with E-state index in [-0.39, 0.29) is 6.61 Å². The Morgan fingerprint density at radius 2 is 1.96 bits per heavy atom. The first-order chi connectivity index (χ1) is 13.5. The molecular weight excluding hydrogens is 401 g/mol. The summed E-state index contributed by atoms with van der Waals surface area (Å²) in [4.78, 5) is 20.7. The third kappa shape index (κ3) is 3.42. The number of fused-ring (bicyclic) bond motifs is 1. The topological polar surface area (TPSA) is 83.8 Å². The molecule has 0 spiro atoms. The van der Waals surface area contributed by atoms with E-state index in [1.165, 1.54) is 0 Å². The van der Waals surface area contributed by atoms with Crippen LogP contribution < -0.4 is 5.48 Å². The SMILES string of the molecule is Cc1cc2c(C3=N[C@@H](C(=O)NO)CO3)cc(-c3ccc(Cl)cc3)nc2cc1Cl. The summed E-state index contributed by atoms with van der Waals surface area (Å²) < 4.78 is 5.66. The predicted molar refractivity (Wildman–Crippen MR) is 108 cm³/mol. The minimum Gasteiger partial charge on any atom is -0.475 e. The molecule has 2 heterocycles. The van der Waals surface area contributed by atoms with E-state index >= 15 is 0 Å². The summed E-state index contributed by atoms with van der Waals surface area (Å²) in [5.74, 6) is -0.302. The Balaban J connectivity index is 1.91. The Labute approximate surface area is 170 Å². The quantitative estimate of drug-likeness (QED) is 0.496. The lowest BCUT2D eigenvalue weighted by Gasteiger charge is -2.11. The molecule has 0 aliphatic carbocycles. The lowest BCUT2D eigenvalue weighted by Crippen LogP contribution is -2.31. The van der Waals surface area contributed by atoms with E-state index in [4.69, 9.17) is 38.1 Å². The Morgan fingerprint density at radius 1 is 1.21 bits per heavy atom.